The summed E-state index contributed by atoms with van der Waals surface area (Å²) >= 11 is 0. The van der Waals surface area contributed by atoms with Crippen LogP contribution in [0.4, 0.5) is 5.69 Å². The molecule has 152 valence electrons. The standard InChI is InChI=1S/C20H23N5O4/c26-19(7-10-22-20(27)17-1-3-18(4-2-17)25(28)29)24-13-11-23(12-14-24)15-16-5-8-21-9-6-16/h1-6,8-9H,7,10-15H2,(H,22,27). The monoisotopic (exact) mass is 397 g/mol. The van der Waals surface area contributed by atoms with Crippen LogP contribution in [0.15, 0.2) is 48.8 Å². The molecule has 1 aromatic carbocycles. The van der Waals surface area contributed by atoms with Crippen molar-refractivity contribution in [2.24, 2.45) is 0 Å². The molecule has 9 heteroatoms. The van der Waals surface area contributed by atoms with Gasteiger partial charge in [-0.1, -0.05) is 0 Å². The summed E-state index contributed by atoms with van der Waals surface area (Å²) in [5.74, 6) is -0.340. The molecule has 0 spiro atoms. The van der Waals surface area contributed by atoms with Gasteiger partial charge in [0.1, 0.15) is 0 Å². The molecule has 9 nitrogen and oxygen atoms in total. The fraction of sp³-hybridized carbons (Fsp3) is 0.350. The number of nitro benzene ring substituents is 1. The van der Waals surface area contributed by atoms with Gasteiger partial charge in [-0.3, -0.25) is 29.6 Å². The minimum absolute atomic E-state index is 0.0116. The lowest BCUT2D eigenvalue weighted by atomic mass is 10.2. The first-order valence-corrected chi connectivity index (χ1v) is 9.44. The zero-order valence-electron chi connectivity index (χ0n) is 16.0. The number of hydrogen-bond acceptors (Lipinski definition) is 6. The van der Waals surface area contributed by atoms with Gasteiger partial charge in [-0.2, -0.15) is 0 Å². The molecule has 0 saturated carbocycles. The fourth-order valence-electron chi connectivity index (χ4n) is 3.18. The molecule has 29 heavy (non-hydrogen) atoms. The van der Waals surface area contributed by atoms with Gasteiger partial charge in [0.15, 0.2) is 0 Å². The molecule has 2 aromatic rings. The Hall–Kier alpha value is -3.33. The number of benzene rings is 1. The van der Waals surface area contributed by atoms with Crippen LogP contribution < -0.4 is 5.32 Å². The maximum Gasteiger partial charge on any atom is 0.269 e. The van der Waals surface area contributed by atoms with Crippen molar-refractivity contribution in [2.75, 3.05) is 32.7 Å². The van der Waals surface area contributed by atoms with Crippen LogP contribution in [0.25, 0.3) is 0 Å². The average Bonchev–Trinajstić information content (AvgIpc) is 2.75. The summed E-state index contributed by atoms with van der Waals surface area (Å²) in [6.45, 7) is 4.02. The highest BCUT2D eigenvalue weighted by Crippen LogP contribution is 2.12. The Morgan fingerprint density at radius 3 is 2.31 bits per heavy atom. The highest BCUT2D eigenvalue weighted by Gasteiger charge is 2.21. The van der Waals surface area contributed by atoms with Gasteiger partial charge in [0.2, 0.25) is 5.91 Å². The molecule has 0 aliphatic carbocycles. The Morgan fingerprint density at radius 2 is 1.69 bits per heavy atom. The molecule has 1 aliphatic heterocycles. The van der Waals surface area contributed by atoms with E-state index in [1.807, 2.05) is 17.0 Å². The van der Waals surface area contributed by atoms with Crippen LogP contribution in [0.3, 0.4) is 0 Å². The van der Waals surface area contributed by atoms with E-state index in [-0.39, 0.29) is 30.5 Å². The number of nitro groups is 1. The van der Waals surface area contributed by atoms with E-state index in [2.05, 4.69) is 15.2 Å². The van der Waals surface area contributed by atoms with Gasteiger partial charge in [0.25, 0.3) is 11.6 Å². The van der Waals surface area contributed by atoms with Crippen LogP contribution in [0.1, 0.15) is 22.3 Å². The third-order valence-electron chi connectivity index (χ3n) is 4.85. The van der Waals surface area contributed by atoms with Crippen molar-refractivity contribution >= 4 is 17.5 Å². The SMILES string of the molecule is O=C(NCCC(=O)N1CCN(Cc2ccncc2)CC1)c1ccc([N+](=O)[O-])cc1. The Balaban J connectivity index is 1.37. The molecular weight excluding hydrogens is 374 g/mol. The third kappa shape index (κ3) is 5.82. The van der Waals surface area contributed by atoms with Gasteiger partial charge in [-0.25, -0.2) is 0 Å². The Morgan fingerprint density at radius 1 is 1.03 bits per heavy atom. The van der Waals surface area contributed by atoms with E-state index >= 15 is 0 Å². The Labute approximate surface area is 168 Å². The van der Waals surface area contributed by atoms with Crippen LogP contribution in [-0.4, -0.2) is 64.2 Å². The molecule has 1 aromatic heterocycles. The third-order valence-corrected chi connectivity index (χ3v) is 4.85. The van der Waals surface area contributed by atoms with E-state index in [9.17, 15) is 19.7 Å². The number of nitrogens with one attached hydrogen (secondary N) is 1. The molecule has 2 amide bonds. The number of piperazine rings is 1. The summed E-state index contributed by atoms with van der Waals surface area (Å²) in [6, 6.07) is 9.35. The van der Waals surface area contributed by atoms with E-state index in [4.69, 9.17) is 0 Å². The number of aromatic nitrogens is 1. The maximum absolute atomic E-state index is 12.4. The number of rotatable bonds is 7. The first-order valence-electron chi connectivity index (χ1n) is 9.44. The van der Waals surface area contributed by atoms with E-state index < -0.39 is 4.92 Å². The number of carbonyl (C=O) groups is 2. The maximum atomic E-state index is 12.4. The molecule has 0 radical (unpaired) electrons. The lowest BCUT2D eigenvalue weighted by molar-refractivity contribution is -0.384. The molecule has 3 rings (SSSR count). The van der Waals surface area contributed by atoms with Crippen LogP contribution in [-0.2, 0) is 11.3 Å². The summed E-state index contributed by atoms with van der Waals surface area (Å²) in [5.41, 5.74) is 1.46. The molecule has 1 fully saturated rings. The minimum atomic E-state index is -0.517. The average molecular weight is 397 g/mol. The highest BCUT2D eigenvalue weighted by molar-refractivity contribution is 5.94. The molecular formula is C20H23N5O4. The van der Waals surface area contributed by atoms with Gasteiger partial charge in [0, 0.05) is 75.8 Å². The van der Waals surface area contributed by atoms with Crippen LogP contribution in [0, 0.1) is 10.1 Å². The highest BCUT2D eigenvalue weighted by atomic mass is 16.6. The van der Waals surface area contributed by atoms with E-state index in [0.29, 0.717) is 18.7 Å². The summed E-state index contributed by atoms with van der Waals surface area (Å²) in [6.07, 6.45) is 3.78. The number of carbonyl (C=O) groups excluding carboxylic acids is 2. The summed E-state index contributed by atoms with van der Waals surface area (Å²) in [7, 11) is 0. The first kappa shape index (κ1) is 20.4. The number of amides is 2. The summed E-state index contributed by atoms with van der Waals surface area (Å²) in [4.78, 5) is 42.7. The lowest BCUT2D eigenvalue weighted by Crippen LogP contribution is -2.48. The molecule has 1 aliphatic rings. The van der Waals surface area contributed by atoms with Crippen LogP contribution in [0.5, 0.6) is 0 Å². The Bertz CT molecular complexity index is 849. The van der Waals surface area contributed by atoms with Crippen molar-refractivity contribution in [3.05, 3.63) is 70.0 Å². The molecule has 0 bridgehead atoms. The first-order chi connectivity index (χ1) is 14.0. The van der Waals surface area contributed by atoms with E-state index in [1.54, 1.807) is 12.4 Å². The molecule has 0 unspecified atom stereocenters. The summed E-state index contributed by atoms with van der Waals surface area (Å²) in [5, 5.41) is 13.3. The van der Waals surface area contributed by atoms with E-state index in [0.717, 1.165) is 19.6 Å². The topological polar surface area (TPSA) is 109 Å². The van der Waals surface area contributed by atoms with Gasteiger partial charge in [0.05, 0.1) is 4.92 Å². The zero-order valence-corrected chi connectivity index (χ0v) is 16.0. The number of pyridine rings is 1. The molecule has 0 atom stereocenters. The van der Waals surface area contributed by atoms with Gasteiger partial charge >= 0.3 is 0 Å². The van der Waals surface area contributed by atoms with Gasteiger partial charge in [-0.15, -0.1) is 0 Å². The zero-order chi connectivity index (χ0) is 20.6. The van der Waals surface area contributed by atoms with Crippen molar-refractivity contribution in [3.63, 3.8) is 0 Å². The van der Waals surface area contributed by atoms with Crippen molar-refractivity contribution in [1.29, 1.82) is 0 Å². The number of nitrogens with zero attached hydrogens (tertiary/aromatic N) is 4. The Kier molecular flexibility index (Phi) is 6.85. The number of non-ortho nitro benzene ring substituents is 1. The lowest BCUT2D eigenvalue weighted by Gasteiger charge is -2.34. The largest absolute Gasteiger partial charge is 0.352 e. The second kappa shape index (κ2) is 9.74. The predicted octanol–water partition coefficient (Wildman–Crippen LogP) is 1.45. The van der Waals surface area contributed by atoms with Gasteiger partial charge < -0.3 is 10.2 Å². The normalized spacial score (nSPS) is 14.4. The fourth-order valence-corrected chi connectivity index (χ4v) is 3.18. The predicted molar refractivity (Wildman–Crippen MR) is 106 cm³/mol. The second-order valence-corrected chi connectivity index (χ2v) is 6.82. The van der Waals surface area contributed by atoms with E-state index in [1.165, 1.54) is 29.8 Å². The quantitative estimate of drug-likeness (QED) is 0.560. The van der Waals surface area contributed by atoms with Crippen molar-refractivity contribution in [2.45, 2.75) is 13.0 Å². The van der Waals surface area contributed by atoms with Gasteiger partial charge in [-0.05, 0) is 29.8 Å². The summed E-state index contributed by atoms with van der Waals surface area (Å²) < 4.78 is 0. The van der Waals surface area contributed by atoms with Crippen LogP contribution >= 0.6 is 0 Å². The minimum Gasteiger partial charge on any atom is -0.352 e. The molecule has 1 N–H and O–H groups in total. The van der Waals surface area contributed by atoms with Crippen LogP contribution in [0.2, 0.25) is 0 Å². The smallest absolute Gasteiger partial charge is 0.269 e. The van der Waals surface area contributed by atoms with Crippen molar-refractivity contribution in [1.82, 2.24) is 20.1 Å². The second-order valence-electron chi connectivity index (χ2n) is 6.82. The molecule has 1 saturated heterocycles. The molecule has 2 heterocycles. The van der Waals surface area contributed by atoms with Crippen molar-refractivity contribution < 1.29 is 14.5 Å². The van der Waals surface area contributed by atoms with Crippen molar-refractivity contribution in [3.8, 4) is 0 Å². The number of hydrogen-bond donors (Lipinski definition) is 1.